The Labute approximate surface area is 150 Å². The number of carbonyl (C=O) groups is 1. The van der Waals surface area contributed by atoms with Gasteiger partial charge in [-0.3, -0.25) is 4.79 Å². The van der Waals surface area contributed by atoms with Gasteiger partial charge in [0.2, 0.25) is 15.9 Å². The summed E-state index contributed by atoms with van der Waals surface area (Å²) in [7, 11) is -3.52. The average Bonchev–Trinajstić information content (AvgIpc) is 2.95. The van der Waals surface area contributed by atoms with Crippen LogP contribution < -0.4 is 9.62 Å². The lowest BCUT2D eigenvalue weighted by Crippen LogP contribution is -2.35. The van der Waals surface area contributed by atoms with E-state index >= 15 is 0 Å². The van der Waals surface area contributed by atoms with Crippen LogP contribution in [0.15, 0.2) is 23.1 Å². The highest BCUT2D eigenvalue weighted by molar-refractivity contribution is 7.89. The van der Waals surface area contributed by atoms with Gasteiger partial charge in [-0.2, -0.15) is 0 Å². The van der Waals surface area contributed by atoms with Crippen molar-refractivity contribution in [3.05, 3.63) is 23.8 Å². The molecule has 0 bridgehead atoms. The number of amides is 1. The van der Waals surface area contributed by atoms with Crippen LogP contribution in [0.5, 0.6) is 0 Å². The van der Waals surface area contributed by atoms with Crippen molar-refractivity contribution in [2.45, 2.75) is 75.6 Å². The van der Waals surface area contributed by atoms with Crippen LogP contribution in [-0.2, 0) is 14.8 Å². The van der Waals surface area contributed by atoms with Crippen LogP contribution in [0.1, 0.15) is 63.4 Å². The molecule has 1 saturated heterocycles. The molecule has 0 atom stereocenters. The van der Waals surface area contributed by atoms with Gasteiger partial charge in [-0.15, -0.1) is 0 Å². The number of sulfonamides is 1. The van der Waals surface area contributed by atoms with Crippen LogP contribution in [0.2, 0.25) is 0 Å². The van der Waals surface area contributed by atoms with Gasteiger partial charge in [0, 0.05) is 24.7 Å². The number of carbonyl (C=O) groups excluding carboxylic acids is 1. The lowest BCUT2D eigenvalue weighted by Gasteiger charge is -2.22. The third-order valence-electron chi connectivity index (χ3n) is 5.27. The highest BCUT2D eigenvalue weighted by atomic mass is 32.2. The number of hydrogen-bond donors (Lipinski definition) is 1. The van der Waals surface area contributed by atoms with Crippen molar-refractivity contribution in [2.75, 3.05) is 11.4 Å². The normalized spacial score (nSPS) is 20.5. The van der Waals surface area contributed by atoms with Gasteiger partial charge in [-0.05, 0) is 49.9 Å². The van der Waals surface area contributed by atoms with Gasteiger partial charge in [0.25, 0.3) is 0 Å². The molecule has 25 heavy (non-hydrogen) atoms. The molecule has 1 aromatic rings. The molecule has 0 spiro atoms. The van der Waals surface area contributed by atoms with Crippen LogP contribution in [0, 0.1) is 6.92 Å². The van der Waals surface area contributed by atoms with Gasteiger partial charge in [0.15, 0.2) is 0 Å². The maximum atomic E-state index is 12.8. The molecule has 138 valence electrons. The maximum absolute atomic E-state index is 12.8. The lowest BCUT2D eigenvalue weighted by atomic mass is 9.97. The van der Waals surface area contributed by atoms with Gasteiger partial charge in [-0.25, -0.2) is 13.1 Å². The summed E-state index contributed by atoms with van der Waals surface area (Å²) in [5, 5.41) is 0. The summed E-state index contributed by atoms with van der Waals surface area (Å²) in [6.07, 6.45) is 9.08. The van der Waals surface area contributed by atoms with Crippen LogP contribution in [0.25, 0.3) is 0 Å². The van der Waals surface area contributed by atoms with E-state index in [1.807, 2.05) is 6.92 Å². The van der Waals surface area contributed by atoms with Crippen molar-refractivity contribution >= 4 is 21.6 Å². The van der Waals surface area contributed by atoms with Crippen LogP contribution in [0.4, 0.5) is 5.69 Å². The van der Waals surface area contributed by atoms with Gasteiger partial charge in [0.1, 0.15) is 0 Å². The smallest absolute Gasteiger partial charge is 0.240 e. The zero-order valence-electron chi connectivity index (χ0n) is 15.0. The minimum atomic E-state index is -3.52. The second-order valence-electron chi connectivity index (χ2n) is 7.26. The van der Waals surface area contributed by atoms with Crippen molar-refractivity contribution < 1.29 is 13.2 Å². The summed E-state index contributed by atoms with van der Waals surface area (Å²) in [5.74, 6) is 0.117. The standard InChI is InChI=1S/C19H28N2O3S/c1-15-14-17(11-12-18(15)21-13-7-10-19(21)22)25(23,24)20-16-8-5-3-2-4-6-9-16/h11-12,14,16,20H,2-10,13H2,1H3. The van der Waals surface area contributed by atoms with E-state index in [2.05, 4.69) is 4.72 Å². The number of nitrogens with one attached hydrogen (secondary N) is 1. The quantitative estimate of drug-likeness (QED) is 0.889. The van der Waals surface area contributed by atoms with Gasteiger partial charge < -0.3 is 4.90 Å². The highest BCUT2D eigenvalue weighted by Gasteiger charge is 2.25. The van der Waals surface area contributed by atoms with E-state index in [0.717, 1.165) is 43.4 Å². The van der Waals surface area contributed by atoms with Gasteiger partial charge >= 0.3 is 0 Å². The third-order valence-corrected chi connectivity index (χ3v) is 6.79. The van der Waals surface area contributed by atoms with Crippen LogP contribution in [0.3, 0.4) is 0 Å². The molecule has 0 radical (unpaired) electrons. The first-order valence-corrected chi connectivity index (χ1v) is 10.9. The van der Waals surface area contributed by atoms with Crippen molar-refractivity contribution in [3.63, 3.8) is 0 Å². The summed E-state index contributed by atoms with van der Waals surface area (Å²) in [4.78, 5) is 14.0. The van der Waals surface area contributed by atoms with Crippen molar-refractivity contribution in [2.24, 2.45) is 0 Å². The Hall–Kier alpha value is -1.40. The molecular weight excluding hydrogens is 336 g/mol. The molecule has 1 N–H and O–H groups in total. The summed E-state index contributed by atoms with van der Waals surface area (Å²) < 4.78 is 28.4. The molecule has 1 aliphatic carbocycles. The Kier molecular flexibility index (Phi) is 5.79. The fourth-order valence-electron chi connectivity index (χ4n) is 3.86. The first kappa shape index (κ1) is 18.4. The second-order valence-corrected chi connectivity index (χ2v) is 8.97. The molecule has 2 fully saturated rings. The van der Waals surface area contributed by atoms with E-state index in [4.69, 9.17) is 0 Å². The number of anilines is 1. The van der Waals surface area contributed by atoms with Gasteiger partial charge in [0.05, 0.1) is 4.90 Å². The fourth-order valence-corrected chi connectivity index (χ4v) is 5.25. The highest BCUT2D eigenvalue weighted by Crippen LogP contribution is 2.27. The molecule has 3 rings (SSSR count). The Morgan fingerprint density at radius 1 is 1.04 bits per heavy atom. The Bertz CT molecular complexity index is 722. The fraction of sp³-hybridized carbons (Fsp3) is 0.632. The van der Waals surface area contributed by atoms with E-state index in [1.165, 1.54) is 19.3 Å². The van der Waals surface area contributed by atoms with E-state index in [1.54, 1.807) is 23.1 Å². The summed E-state index contributed by atoms with van der Waals surface area (Å²) in [5.41, 5.74) is 1.66. The first-order valence-electron chi connectivity index (χ1n) is 9.41. The number of hydrogen-bond acceptors (Lipinski definition) is 3. The second kappa shape index (κ2) is 7.87. The van der Waals surface area contributed by atoms with Crippen molar-refractivity contribution in [1.29, 1.82) is 0 Å². The van der Waals surface area contributed by atoms with Crippen LogP contribution in [-0.4, -0.2) is 26.9 Å². The monoisotopic (exact) mass is 364 g/mol. The van der Waals surface area contributed by atoms with E-state index in [9.17, 15) is 13.2 Å². The van der Waals surface area contributed by atoms with Crippen molar-refractivity contribution in [1.82, 2.24) is 4.72 Å². The SMILES string of the molecule is Cc1cc(S(=O)(=O)NC2CCCCCCC2)ccc1N1CCCC1=O. The summed E-state index contributed by atoms with van der Waals surface area (Å²) >= 11 is 0. The predicted octanol–water partition coefficient (Wildman–Crippen LogP) is 3.51. The molecule has 1 aliphatic heterocycles. The molecule has 0 unspecified atom stereocenters. The molecule has 6 heteroatoms. The van der Waals surface area contributed by atoms with Crippen LogP contribution >= 0.6 is 0 Å². The van der Waals surface area contributed by atoms with E-state index in [0.29, 0.717) is 17.9 Å². The number of aryl methyl sites for hydroxylation is 1. The number of rotatable bonds is 4. The molecule has 2 aliphatic rings. The maximum Gasteiger partial charge on any atom is 0.240 e. The van der Waals surface area contributed by atoms with Crippen molar-refractivity contribution in [3.8, 4) is 0 Å². The molecule has 1 heterocycles. The van der Waals surface area contributed by atoms with E-state index < -0.39 is 10.0 Å². The average molecular weight is 365 g/mol. The molecule has 1 aromatic carbocycles. The first-order chi connectivity index (χ1) is 12.0. The molecular formula is C19H28N2O3S. The topological polar surface area (TPSA) is 66.5 Å². The number of nitrogens with zero attached hydrogens (tertiary/aromatic N) is 1. The molecule has 1 saturated carbocycles. The minimum absolute atomic E-state index is 0.0328. The Morgan fingerprint density at radius 3 is 2.32 bits per heavy atom. The Balaban J connectivity index is 1.75. The predicted molar refractivity (Wildman–Crippen MR) is 99.2 cm³/mol. The molecule has 1 amide bonds. The molecule has 5 nitrogen and oxygen atoms in total. The number of benzene rings is 1. The molecule has 0 aromatic heterocycles. The largest absolute Gasteiger partial charge is 0.312 e. The van der Waals surface area contributed by atoms with Gasteiger partial charge in [-0.1, -0.05) is 32.1 Å². The zero-order chi connectivity index (χ0) is 17.9. The summed E-state index contributed by atoms with van der Waals surface area (Å²) in [6, 6.07) is 5.11. The summed E-state index contributed by atoms with van der Waals surface area (Å²) in [6.45, 7) is 2.59. The van der Waals surface area contributed by atoms with E-state index in [-0.39, 0.29) is 11.9 Å². The zero-order valence-corrected chi connectivity index (χ0v) is 15.8. The lowest BCUT2D eigenvalue weighted by molar-refractivity contribution is -0.117. The minimum Gasteiger partial charge on any atom is -0.312 e. The third kappa shape index (κ3) is 4.42. The Morgan fingerprint density at radius 2 is 1.72 bits per heavy atom.